The van der Waals surface area contributed by atoms with Crippen molar-refractivity contribution >= 4 is 15.9 Å². The molecule has 0 saturated heterocycles. The summed E-state index contributed by atoms with van der Waals surface area (Å²) >= 11 is 0. The van der Waals surface area contributed by atoms with Gasteiger partial charge in [0.1, 0.15) is 4.90 Å². The van der Waals surface area contributed by atoms with Gasteiger partial charge in [-0.2, -0.15) is 0 Å². The monoisotopic (exact) mass is 328 g/mol. The Morgan fingerprint density at radius 3 is 2.64 bits per heavy atom. The lowest BCUT2D eigenvalue weighted by atomic mass is 9.88. The molecule has 7 nitrogen and oxygen atoms in total. The number of hydrogen-bond acceptors (Lipinski definition) is 5. The molecule has 1 aromatic heterocycles. The zero-order valence-electron chi connectivity index (χ0n) is 13.2. The van der Waals surface area contributed by atoms with E-state index >= 15 is 0 Å². The lowest BCUT2D eigenvalue weighted by Gasteiger charge is -2.33. The molecular formula is C14H24N4O3S. The summed E-state index contributed by atoms with van der Waals surface area (Å²) in [5, 5.41) is 2.86. The number of aromatic nitrogens is 1. The van der Waals surface area contributed by atoms with Gasteiger partial charge in [0.05, 0.1) is 5.54 Å². The van der Waals surface area contributed by atoms with E-state index in [9.17, 15) is 13.2 Å². The summed E-state index contributed by atoms with van der Waals surface area (Å²) in [6.07, 6.45) is 2.79. The van der Waals surface area contributed by atoms with Crippen molar-refractivity contribution in [3.63, 3.8) is 0 Å². The van der Waals surface area contributed by atoms with Gasteiger partial charge in [-0.25, -0.2) is 13.1 Å². The van der Waals surface area contributed by atoms with E-state index in [0.29, 0.717) is 6.54 Å². The van der Waals surface area contributed by atoms with Crippen LogP contribution >= 0.6 is 0 Å². The van der Waals surface area contributed by atoms with E-state index in [4.69, 9.17) is 5.73 Å². The number of rotatable bonds is 8. The number of hydrogen-bond donors (Lipinski definition) is 3. The Bertz CT molecular complexity index is 589. The van der Waals surface area contributed by atoms with E-state index in [0.717, 1.165) is 0 Å². The normalized spacial score (nSPS) is 14.6. The average molecular weight is 328 g/mol. The van der Waals surface area contributed by atoms with Gasteiger partial charge in [-0.05, 0) is 25.0 Å². The Balaban J connectivity index is 2.52. The Kier molecular flexibility index (Phi) is 6.46. The van der Waals surface area contributed by atoms with Crippen molar-refractivity contribution in [3.8, 4) is 0 Å². The van der Waals surface area contributed by atoms with Gasteiger partial charge >= 0.3 is 0 Å². The van der Waals surface area contributed by atoms with Gasteiger partial charge in [-0.1, -0.05) is 13.8 Å². The maximum absolute atomic E-state index is 12.0. The molecule has 1 heterocycles. The number of carbonyl (C=O) groups excluding carboxylic acids is 1. The van der Waals surface area contributed by atoms with Gasteiger partial charge in [0, 0.05) is 31.9 Å². The van der Waals surface area contributed by atoms with Gasteiger partial charge in [-0.3, -0.25) is 9.78 Å². The minimum absolute atomic E-state index is 0.0157. The fourth-order valence-corrected chi connectivity index (χ4v) is 2.70. The van der Waals surface area contributed by atoms with E-state index < -0.39 is 15.6 Å². The van der Waals surface area contributed by atoms with Crippen LogP contribution in [0.4, 0.5) is 0 Å². The maximum Gasteiger partial charge on any atom is 0.242 e. The first kappa shape index (κ1) is 18.5. The molecule has 1 amide bonds. The van der Waals surface area contributed by atoms with E-state index in [1.54, 1.807) is 0 Å². The highest BCUT2D eigenvalue weighted by molar-refractivity contribution is 7.89. The number of sulfonamides is 1. The van der Waals surface area contributed by atoms with Crippen molar-refractivity contribution in [2.45, 2.75) is 37.6 Å². The first-order valence-electron chi connectivity index (χ1n) is 7.12. The van der Waals surface area contributed by atoms with Crippen molar-refractivity contribution < 1.29 is 13.2 Å². The minimum Gasteiger partial charge on any atom is -0.349 e. The van der Waals surface area contributed by atoms with Crippen molar-refractivity contribution in [1.82, 2.24) is 15.0 Å². The van der Waals surface area contributed by atoms with Gasteiger partial charge in [0.25, 0.3) is 0 Å². The van der Waals surface area contributed by atoms with Crippen molar-refractivity contribution in [1.29, 1.82) is 0 Å². The minimum atomic E-state index is -3.64. The molecule has 0 aliphatic carbocycles. The lowest BCUT2D eigenvalue weighted by molar-refractivity contribution is -0.123. The molecule has 0 saturated carbocycles. The molecule has 22 heavy (non-hydrogen) atoms. The second-order valence-corrected chi connectivity index (χ2v) is 7.43. The summed E-state index contributed by atoms with van der Waals surface area (Å²) < 4.78 is 26.3. The molecule has 1 rings (SSSR count). The summed E-state index contributed by atoms with van der Waals surface area (Å²) in [6.45, 7) is 6.14. The number of nitrogens with two attached hydrogens (primary N) is 1. The van der Waals surface area contributed by atoms with Gasteiger partial charge < -0.3 is 11.1 Å². The van der Waals surface area contributed by atoms with Crippen LogP contribution in [0.15, 0.2) is 29.4 Å². The smallest absolute Gasteiger partial charge is 0.242 e. The Morgan fingerprint density at radius 1 is 1.45 bits per heavy atom. The van der Waals surface area contributed by atoms with Crippen LogP contribution in [0.3, 0.4) is 0 Å². The zero-order valence-corrected chi connectivity index (χ0v) is 14.0. The van der Waals surface area contributed by atoms with E-state index in [-0.39, 0.29) is 29.7 Å². The second-order valence-electron chi connectivity index (χ2n) is 5.66. The molecule has 0 aromatic carbocycles. The predicted octanol–water partition coefficient (Wildman–Crippen LogP) is 0.240. The molecule has 0 aliphatic rings. The summed E-state index contributed by atoms with van der Waals surface area (Å²) in [5.41, 5.74) is 5.20. The quantitative estimate of drug-likeness (QED) is 0.632. The maximum atomic E-state index is 12.0. The van der Waals surface area contributed by atoms with Crippen molar-refractivity contribution in [2.75, 3.05) is 13.1 Å². The molecule has 0 spiro atoms. The summed E-state index contributed by atoms with van der Waals surface area (Å²) in [7, 11) is -3.64. The van der Waals surface area contributed by atoms with Crippen LogP contribution < -0.4 is 15.8 Å². The van der Waals surface area contributed by atoms with E-state index in [1.165, 1.54) is 24.5 Å². The molecular weight excluding hydrogens is 304 g/mol. The van der Waals surface area contributed by atoms with Gasteiger partial charge in [-0.15, -0.1) is 0 Å². The van der Waals surface area contributed by atoms with Crippen LogP contribution in [-0.2, 0) is 14.8 Å². The fraction of sp³-hybridized carbons (Fsp3) is 0.571. The second kappa shape index (κ2) is 7.66. The largest absolute Gasteiger partial charge is 0.349 e. The summed E-state index contributed by atoms with van der Waals surface area (Å²) in [4.78, 5) is 15.8. The van der Waals surface area contributed by atoms with Crippen molar-refractivity contribution in [2.24, 2.45) is 11.7 Å². The molecule has 1 aromatic rings. The van der Waals surface area contributed by atoms with Crippen LogP contribution in [0.2, 0.25) is 0 Å². The first-order chi connectivity index (χ1) is 10.2. The summed E-state index contributed by atoms with van der Waals surface area (Å²) in [5.74, 6) is -0.0657. The van der Waals surface area contributed by atoms with Crippen LogP contribution in [0.25, 0.3) is 0 Å². The Morgan fingerprint density at radius 2 is 2.14 bits per heavy atom. The van der Waals surface area contributed by atoms with Crippen LogP contribution in [0, 0.1) is 5.92 Å². The average Bonchev–Trinajstić information content (AvgIpc) is 2.47. The summed E-state index contributed by atoms with van der Waals surface area (Å²) in [6, 6.07) is 2.98. The van der Waals surface area contributed by atoms with Gasteiger partial charge in [0.15, 0.2) is 0 Å². The van der Waals surface area contributed by atoms with E-state index in [2.05, 4.69) is 15.0 Å². The van der Waals surface area contributed by atoms with Gasteiger partial charge in [0.2, 0.25) is 15.9 Å². The predicted molar refractivity (Wildman–Crippen MR) is 84.5 cm³/mol. The lowest BCUT2D eigenvalue weighted by Crippen LogP contribution is -2.55. The molecule has 124 valence electrons. The van der Waals surface area contributed by atoms with Crippen LogP contribution in [0.1, 0.15) is 27.2 Å². The van der Waals surface area contributed by atoms with Crippen LogP contribution in [0.5, 0.6) is 0 Å². The first-order valence-corrected chi connectivity index (χ1v) is 8.60. The third-order valence-corrected chi connectivity index (χ3v) is 5.16. The zero-order chi connectivity index (χ0) is 16.8. The number of nitrogens with one attached hydrogen (secondary N) is 2. The molecule has 4 N–H and O–H groups in total. The molecule has 8 heteroatoms. The number of carbonyl (C=O) groups is 1. The molecule has 0 fully saturated rings. The Hall–Kier alpha value is -1.51. The highest BCUT2D eigenvalue weighted by atomic mass is 32.2. The SMILES string of the molecule is CC(C)C(C)(CN)NC(=O)CCNS(=O)(=O)c1cccnc1. The number of amides is 1. The van der Waals surface area contributed by atoms with E-state index in [1.807, 2.05) is 20.8 Å². The fourth-order valence-electron chi connectivity index (χ4n) is 1.70. The molecule has 1 unspecified atom stereocenters. The topological polar surface area (TPSA) is 114 Å². The molecule has 0 bridgehead atoms. The number of pyridine rings is 1. The standard InChI is InChI=1S/C14H24N4O3S/c1-11(2)14(3,10-15)18-13(19)6-8-17-22(20,21)12-5-4-7-16-9-12/h4-5,7,9,11,17H,6,8,10,15H2,1-3H3,(H,18,19). The van der Waals surface area contributed by atoms with Crippen LogP contribution in [-0.4, -0.2) is 37.9 Å². The van der Waals surface area contributed by atoms with Crippen molar-refractivity contribution in [3.05, 3.63) is 24.5 Å². The molecule has 0 radical (unpaired) electrons. The number of nitrogens with zero attached hydrogens (tertiary/aromatic N) is 1. The highest BCUT2D eigenvalue weighted by Gasteiger charge is 2.28. The third kappa shape index (κ3) is 5.04. The molecule has 1 atom stereocenters. The Labute approximate surface area is 131 Å². The third-order valence-electron chi connectivity index (χ3n) is 3.71. The highest BCUT2D eigenvalue weighted by Crippen LogP contribution is 2.14. The molecule has 0 aliphatic heterocycles.